The minimum atomic E-state index is -0.331. The minimum Gasteiger partial charge on any atom is -0.366 e. The van der Waals surface area contributed by atoms with E-state index in [-0.39, 0.29) is 11.4 Å². The lowest BCUT2D eigenvalue weighted by Gasteiger charge is -2.47. The number of hydrogen-bond acceptors (Lipinski definition) is 2. The van der Waals surface area contributed by atoms with E-state index in [2.05, 4.69) is 43.7 Å². The van der Waals surface area contributed by atoms with Crippen molar-refractivity contribution in [2.24, 2.45) is 4.99 Å². The highest BCUT2D eigenvalue weighted by molar-refractivity contribution is 6.33. The predicted octanol–water partition coefficient (Wildman–Crippen LogP) is 6.73. The Kier molecular flexibility index (Phi) is 5.38. The normalized spacial score (nSPS) is 19.0. The molecule has 3 rings (SSSR count). The van der Waals surface area contributed by atoms with Crippen molar-refractivity contribution in [3.05, 3.63) is 58.4 Å². The van der Waals surface area contributed by atoms with Crippen molar-refractivity contribution in [2.75, 3.05) is 11.4 Å². The molecule has 0 aliphatic carbocycles. The quantitative estimate of drug-likeness (QED) is 0.543. The molecule has 1 atom stereocenters. The second-order valence-corrected chi connectivity index (χ2v) is 8.12. The summed E-state index contributed by atoms with van der Waals surface area (Å²) >= 11 is 6.56. The Labute approximate surface area is 160 Å². The number of nitrogens with zero attached hydrogens (tertiary/aromatic N) is 2. The van der Waals surface area contributed by atoms with Crippen LogP contribution in [0.5, 0.6) is 0 Å². The maximum Gasteiger partial charge on any atom is 0.148 e. The van der Waals surface area contributed by atoms with Crippen molar-refractivity contribution >= 4 is 29.2 Å². The van der Waals surface area contributed by atoms with Crippen LogP contribution >= 0.6 is 11.6 Å². The van der Waals surface area contributed by atoms with Crippen LogP contribution in [0.25, 0.3) is 0 Å². The highest BCUT2D eigenvalue weighted by Gasteiger charge is 2.36. The van der Waals surface area contributed by atoms with Crippen molar-refractivity contribution in [3.8, 4) is 0 Å². The Morgan fingerprint density at radius 3 is 2.73 bits per heavy atom. The first-order valence-corrected chi connectivity index (χ1v) is 9.61. The molecule has 26 heavy (non-hydrogen) atoms. The fourth-order valence-corrected chi connectivity index (χ4v) is 4.17. The van der Waals surface area contributed by atoms with Gasteiger partial charge in [-0.1, -0.05) is 37.6 Å². The molecule has 0 radical (unpaired) electrons. The van der Waals surface area contributed by atoms with E-state index in [0.717, 1.165) is 24.9 Å². The van der Waals surface area contributed by atoms with Crippen LogP contribution in [0.2, 0.25) is 5.02 Å². The molecule has 0 saturated heterocycles. The molecule has 0 amide bonds. The van der Waals surface area contributed by atoms with Crippen LogP contribution in [-0.4, -0.2) is 18.3 Å². The molecule has 138 valence electrons. The summed E-state index contributed by atoms with van der Waals surface area (Å²) in [6.45, 7) is 10.1. The molecule has 1 heterocycles. The highest BCUT2D eigenvalue weighted by atomic mass is 35.5. The minimum absolute atomic E-state index is 0.106. The van der Waals surface area contributed by atoms with Gasteiger partial charge < -0.3 is 4.90 Å². The summed E-state index contributed by atoms with van der Waals surface area (Å²) in [5.41, 5.74) is 3.76. The van der Waals surface area contributed by atoms with Crippen LogP contribution in [0, 0.1) is 5.82 Å². The first-order valence-electron chi connectivity index (χ1n) is 9.23. The van der Waals surface area contributed by atoms with Crippen LogP contribution in [0.15, 0.2) is 41.4 Å². The van der Waals surface area contributed by atoms with Gasteiger partial charge in [0, 0.05) is 29.5 Å². The summed E-state index contributed by atoms with van der Waals surface area (Å²) < 4.78 is 13.8. The summed E-state index contributed by atoms with van der Waals surface area (Å²) in [6, 6.07) is 10.7. The zero-order valence-electron chi connectivity index (χ0n) is 15.9. The van der Waals surface area contributed by atoms with E-state index in [0.29, 0.717) is 16.6 Å². The van der Waals surface area contributed by atoms with Gasteiger partial charge in [-0.05, 0) is 62.4 Å². The number of fused-ring (bicyclic) bond motifs is 1. The zero-order valence-corrected chi connectivity index (χ0v) is 16.6. The number of anilines is 1. The molecule has 0 saturated carbocycles. The molecule has 0 N–H and O–H groups in total. The first kappa shape index (κ1) is 18.9. The second-order valence-electron chi connectivity index (χ2n) is 7.71. The molecule has 0 spiro atoms. The monoisotopic (exact) mass is 372 g/mol. The Balaban J connectivity index is 2.02. The smallest absolute Gasteiger partial charge is 0.148 e. The molecule has 2 aromatic rings. The fourth-order valence-electron chi connectivity index (χ4n) is 3.96. The Morgan fingerprint density at radius 1 is 1.31 bits per heavy atom. The van der Waals surface area contributed by atoms with Crippen molar-refractivity contribution in [3.63, 3.8) is 0 Å². The summed E-state index contributed by atoms with van der Waals surface area (Å²) in [7, 11) is 0. The van der Waals surface area contributed by atoms with Crippen molar-refractivity contribution in [1.29, 1.82) is 0 Å². The molecule has 0 bridgehead atoms. The van der Waals surface area contributed by atoms with Crippen LogP contribution in [0.3, 0.4) is 0 Å². The molecule has 2 aromatic carbocycles. The molecule has 1 aliphatic heterocycles. The third kappa shape index (κ3) is 3.64. The fraction of sp³-hybridized carbons (Fsp3) is 0.409. The lowest BCUT2D eigenvalue weighted by molar-refractivity contribution is 0.376. The zero-order chi connectivity index (χ0) is 18.9. The first-order chi connectivity index (χ1) is 12.3. The SMILES string of the molecule is CCCN1c2cc(Cl)c(C=Nc3ccccc3F)cc2C(C)CC1(C)C. The molecule has 1 aliphatic rings. The standard InChI is InChI=1S/C22H26ClFN2/c1-5-10-26-21-12-18(23)16(11-17(21)15(2)13-22(26,3)4)14-25-20-9-7-6-8-19(20)24/h6-9,11-12,14-15H,5,10,13H2,1-4H3. The van der Waals surface area contributed by atoms with Gasteiger partial charge in [0.1, 0.15) is 5.82 Å². The van der Waals surface area contributed by atoms with Crippen LogP contribution < -0.4 is 4.90 Å². The van der Waals surface area contributed by atoms with Crippen LogP contribution in [0.1, 0.15) is 57.6 Å². The summed E-state index contributed by atoms with van der Waals surface area (Å²) in [5, 5.41) is 0.648. The van der Waals surface area contributed by atoms with Gasteiger partial charge >= 0.3 is 0 Å². The molecule has 0 fully saturated rings. The van der Waals surface area contributed by atoms with Crippen molar-refractivity contribution in [1.82, 2.24) is 0 Å². The van der Waals surface area contributed by atoms with Crippen molar-refractivity contribution < 1.29 is 4.39 Å². The Morgan fingerprint density at radius 2 is 2.04 bits per heavy atom. The van der Waals surface area contributed by atoms with E-state index in [9.17, 15) is 4.39 Å². The summed E-state index contributed by atoms with van der Waals surface area (Å²) in [4.78, 5) is 6.76. The highest BCUT2D eigenvalue weighted by Crippen LogP contribution is 2.45. The maximum absolute atomic E-state index is 13.8. The van der Waals surface area contributed by atoms with Gasteiger partial charge in [-0.2, -0.15) is 0 Å². The predicted molar refractivity (Wildman–Crippen MR) is 110 cm³/mol. The van der Waals surface area contributed by atoms with Gasteiger partial charge in [0.25, 0.3) is 0 Å². The second kappa shape index (κ2) is 7.40. The van der Waals surface area contributed by atoms with Gasteiger partial charge in [0.05, 0.1) is 10.7 Å². The summed E-state index contributed by atoms with van der Waals surface area (Å²) in [6.07, 6.45) is 3.84. The molecule has 1 unspecified atom stereocenters. The largest absolute Gasteiger partial charge is 0.366 e. The number of aliphatic imine (C=N–C) groups is 1. The number of para-hydroxylation sites is 1. The number of rotatable bonds is 4. The van der Waals surface area contributed by atoms with Gasteiger partial charge in [-0.25, -0.2) is 4.39 Å². The number of hydrogen-bond donors (Lipinski definition) is 0. The van der Waals surface area contributed by atoms with Gasteiger partial charge in [0.15, 0.2) is 0 Å². The molecular formula is C22H26ClFN2. The van der Waals surface area contributed by atoms with Gasteiger partial charge in [0.2, 0.25) is 0 Å². The van der Waals surface area contributed by atoms with Crippen LogP contribution in [-0.2, 0) is 0 Å². The third-order valence-corrected chi connectivity index (χ3v) is 5.47. The average molecular weight is 373 g/mol. The third-order valence-electron chi connectivity index (χ3n) is 5.15. The molecule has 4 heteroatoms. The van der Waals surface area contributed by atoms with E-state index in [1.807, 2.05) is 6.07 Å². The lowest BCUT2D eigenvalue weighted by Crippen LogP contribution is -2.48. The van der Waals surface area contributed by atoms with Crippen molar-refractivity contribution in [2.45, 2.75) is 52.0 Å². The van der Waals surface area contributed by atoms with Gasteiger partial charge in [-0.15, -0.1) is 0 Å². The van der Waals surface area contributed by atoms with E-state index < -0.39 is 0 Å². The van der Waals surface area contributed by atoms with E-state index in [4.69, 9.17) is 11.6 Å². The molecule has 0 aromatic heterocycles. The molecular weight excluding hydrogens is 347 g/mol. The molecule has 2 nitrogen and oxygen atoms in total. The van der Waals surface area contributed by atoms with Crippen LogP contribution in [0.4, 0.5) is 15.8 Å². The Bertz CT molecular complexity index is 829. The Hall–Kier alpha value is -1.87. The lowest BCUT2D eigenvalue weighted by atomic mass is 9.79. The van der Waals surface area contributed by atoms with E-state index in [1.165, 1.54) is 17.3 Å². The van der Waals surface area contributed by atoms with E-state index >= 15 is 0 Å². The average Bonchev–Trinajstić information content (AvgIpc) is 2.58. The topological polar surface area (TPSA) is 15.6 Å². The number of halogens is 2. The van der Waals surface area contributed by atoms with E-state index in [1.54, 1.807) is 24.4 Å². The number of benzene rings is 2. The summed E-state index contributed by atoms with van der Waals surface area (Å²) in [5.74, 6) is 0.105. The maximum atomic E-state index is 13.8. The van der Waals surface area contributed by atoms with Gasteiger partial charge in [-0.3, -0.25) is 4.99 Å².